The highest BCUT2D eigenvalue weighted by molar-refractivity contribution is 7.92. The summed E-state index contributed by atoms with van der Waals surface area (Å²) in [5.41, 5.74) is 3.84. The fourth-order valence-electron chi connectivity index (χ4n) is 4.22. The average Bonchev–Trinajstić information content (AvgIpc) is 2.90. The molecule has 0 aliphatic rings. The van der Waals surface area contributed by atoms with Crippen molar-refractivity contribution in [1.82, 2.24) is 10.2 Å². The fraction of sp³-hybridized carbons (Fsp3) is 0.333. The molecule has 0 radical (unpaired) electrons. The third-order valence-electron chi connectivity index (χ3n) is 6.58. The summed E-state index contributed by atoms with van der Waals surface area (Å²) in [5.74, 6) is -0.815. The number of halogens is 1. The molecule has 1 unspecified atom stereocenters. The lowest BCUT2D eigenvalue weighted by molar-refractivity contribution is -0.140. The van der Waals surface area contributed by atoms with Crippen LogP contribution in [0.25, 0.3) is 0 Å². The Balaban J connectivity index is 2.06. The van der Waals surface area contributed by atoms with Crippen LogP contribution in [0.4, 0.5) is 5.69 Å². The molecule has 39 heavy (non-hydrogen) atoms. The van der Waals surface area contributed by atoms with Crippen molar-refractivity contribution in [3.8, 4) is 0 Å². The maximum absolute atomic E-state index is 14.0. The number of benzene rings is 3. The summed E-state index contributed by atoms with van der Waals surface area (Å²) in [7, 11) is -3.82. The predicted molar refractivity (Wildman–Crippen MR) is 157 cm³/mol. The van der Waals surface area contributed by atoms with Gasteiger partial charge in [0.2, 0.25) is 21.8 Å². The van der Waals surface area contributed by atoms with Gasteiger partial charge in [-0.05, 0) is 60.7 Å². The van der Waals surface area contributed by atoms with E-state index in [4.69, 9.17) is 11.6 Å². The Morgan fingerprint density at radius 2 is 1.62 bits per heavy atom. The Hall–Kier alpha value is -3.36. The van der Waals surface area contributed by atoms with E-state index in [0.717, 1.165) is 33.7 Å². The minimum atomic E-state index is -3.82. The van der Waals surface area contributed by atoms with Crippen LogP contribution in [0.3, 0.4) is 0 Å². The van der Waals surface area contributed by atoms with E-state index in [1.807, 2.05) is 63.2 Å². The second kappa shape index (κ2) is 13.6. The molecule has 3 aromatic carbocycles. The Kier molecular flexibility index (Phi) is 10.5. The lowest BCUT2D eigenvalue weighted by Crippen LogP contribution is -2.53. The van der Waals surface area contributed by atoms with E-state index < -0.39 is 28.5 Å². The molecule has 3 rings (SSSR count). The summed E-state index contributed by atoms with van der Waals surface area (Å²) in [5, 5.41) is 3.38. The largest absolute Gasteiger partial charge is 0.354 e. The van der Waals surface area contributed by atoms with E-state index in [1.165, 1.54) is 4.90 Å². The Morgan fingerprint density at radius 3 is 2.23 bits per heavy atom. The van der Waals surface area contributed by atoms with Gasteiger partial charge in [0.05, 0.1) is 11.9 Å². The summed E-state index contributed by atoms with van der Waals surface area (Å²) in [6.45, 7) is 5.81. The topological polar surface area (TPSA) is 86.8 Å². The number of hydrogen-bond donors (Lipinski definition) is 1. The number of sulfonamides is 1. The van der Waals surface area contributed by atoms with Crippen molar-refractivity contribution in [3.63, 3.8) is 0 Å². The van der Waals surface area contributed by atoms with Crippen molar-refractivity contribution >= 4 is 39.1 Å². The molecule has 0 bridgehead atoms. The number of carbonyl (C=O) groups excluding carboxylic acids is 2. The number of aryl methyl sites for hydroxylation is 2. The van der Waals surface area contributed by atoms with Gasteiger partial charge >= 0.3 is 0 Å². The van der Waals surface area contributed by atoms with Gasteiger partial charge in [-0.25, -0.2) is 8.42 Å². The zero-order valence-electron chi connectivity index (χ0n) is 22.9. The van der Waals surface area contributed by atoms with E-state index in [2.05, 4.69) is 5.32 Å². The van der Waals surface area contributed by atoms with Gasteiger partial charge in [0, 0.05) is 24.5 Å². The summed E-state index contributed by atoms with van der Waals surface area (Å²) in [6, 6.07) is 20.9. The monoisotopic (exact) mass is 569 g/mol. The number of amides is 2. The Bertz CT molecular complexity index is 1400. The summed E-state index contributed by atoms with van der Waals surface area (Å²) < 4.78 is 26.9. The van der Waals surface area contributed by atoms with E-state index in [0.29, 0.717) is 22.8 Å². The van der Waals surface area contributed by atoms with Gasteiger partial charge in [-0.1, -0.05) is 73.1 Å². The fourth-order valence-corrected chi connectivity index (χ4v) is 5.26. The van der Waals surface area contributed by atoms with Crippen LogP contribution in [0, 0.1) is 13.8 Å². The second-order valence-corrected chi connectivity index (χ2v) is 12.0. The first-order valence-electron chi connectivity index (χ1n) is 12.9. The third-order valence-corrected chi connectivity index (χ3v) is 8.09. The Labute approximate surface area is 236 Å². The summed E-state index contributed by atoms with van der Waals surface area (Å²) in [4.78, 5) is 29.0. The first-order chi connectivity index (χ1) is 18.5. The van der Waals surface area contributed by atoms with Crippen LogP contribution in [0.1, 0.15) is 35.6 Å². The van der Waals surface area contributed by atoms with Crippen molar-refractivity contribution in [2.24, 2.45) is 0 Å². The zero-order valence-corrected chi connectivity index (χ0v) is 24.4. The number of nitrogens with one attached hydrogen (secondary N) is 1. The normalized spacial score (nSPS) is 12.0. The Morgan fingerprint density at radius 1 is 0.949 bits per heavy atom. The molecule has 0 aliphatic heterocycles. The molecule has 0 saturated carbocycles. The molecular formula is C30H36ClN3O4S. The van der Waals surface area contributed by atoms with Gasteiger partial charge in [-0.15, -0.1) is 0 Å². The first-order valence-corrected chi connectivity index (χ1v) is 15.1. The average molecular weight is 570 g/mol. The maximum Gasteiger partial charge on any atom is 0.244 e. The second-order valence-electron chi connectivity index (χ2n) is 9.65. The lowest BCUT2D eigenvalue weighted by Gasteiger charge is -2.33. The van der Waals surface area contributed by atoms with Crippen LogP contribution in [-0.2, 0) is 32.6 Å². The molecule has 1 N–H and O–H groups in total. The van der Waals surface area contributed by atoms with Crippen molar-refractivity contribution in [2.45, 2.75) is 46.2 Å². The molecule has 1 atom stereocenters. The molecule has 0 aromatic heterocycles. The van der Waals surface area contributed by atoms with E-state index in [1.54, 1.807) is 30.3 Å². The number of hydrogen-bond acceptors (Lipinski definition) is 4. The predicted octanol–water partition coefficient (Wildman–Crippen LogP) is 4.89. The molecule has 9 heteroatoms. The zero-order chi connectivity index (χ0) is 28.6. The van der Waals surface area contributed by atoms with Crippen LogP contribution in [0.15, 0.2) is 72.8 Å². The molecule has 208 valence electrons. The van der Waals surface area contributed by atoms with Gasteiger partial charge in [0.15, 0.2) is 0 Å². The van der Waals surface area contributed by atoms with Crippen molar-refractivity contribution in [3.05, 3.63) is 100 Å². The van der Waals surface area contributed by atoms with E-state index in [-0.39, 0.29) is 18.9 Å². The van der Waals surface area contributed by atoms with Crippen LogP contribution in [0.2, 0.25) is 5.02 Å². The quantitative estimate of drug-likeness (QED) is 0.336. The van der Waals surface area contributed by atoms with Crippen LogP contribution >= 0.6 is 11.6 Å². The third kappa shape index (κ3) is 8.31. The van der Waals surface area contributed by atoms with Crippen molar-refractivity contribution < 1.29 is 18.0 Å². The number of anilines is 1. The highest BCUT2D eigenvalue weighted by Gasteiger charge is 2.33. The molecule has 3 aromatic rings. The van der Waals surface area contributed by atoms with Crippen LogP contribution in [-0.4, -0.2) is 50.5 Å². The van der Waals surface area contributed by atoms with Crippen molar-refractivity contribution in [2.75, 3.05) is 23.7 Å². The molecule has 0 aliphatic carbocycles. The molecule has 7 nitrogen and oxygen atoms in total. The molecule has 0 saturated heterocycles. The number of carbonyl (C=O) groups is 2. The van der Waals surface area contributed by atoms with Gasteiger partial charge in [0.25, 0.3) is 0 Å². The molecule has 0 heterocycles. The van der Waals surface area contributed by atoms with Crippen LogP contribution < -0.4 is 9.62 Å². The SMILES string of the molecule is CCCNC(=O)C(Cc1ccccc1)N(Cc1ccccc1Cl)C(=O)CN(c1ccc(C)c(C)c1)S(C)(=O)=O. The van der Waals surface area contributed by atoms with Crippen molar-refractivity contribution in [1.29, 1.82) is 0 Å². The van der Waals surface area contributed by atoms with Gasteiger partial charge in [-0.3, -0.25) is 13.9 Å². The molecule has 0 spiro atoms. The van der Waals surface area contributed by atoms with Gasteiger partial charge in [0.1, 0.15) is 12.6 Å². The highest BCUT2D eigenvalue weighted by atomic mass is 35.5. The van der Waals surface area contributed by atoms with Crippen LogP contribution in [0.5, 0.6) is 0 Å². The van der Waals surface area contributed by atoms with E-state index >= 15 is 0 Å². The van der Waals surface area contributed by atoms with Gasteiger partial charge in [-0.2, -0.15) is 0 Å². The standard InChI is InChI=1S/C30H36ClN3O4S/c1-5-17-32-30(36)28(19-24-11-7-6-8-12-24)33(20-25-13-9-10-14-27(25)31)29(35)21-34(39(4,37)38)26-16-15-22(2)23(3)18-26/h6-16,18,28H,5,17,19-21H2,1-4H3,(H,32,36). The minimum absolute atomic E-state index is 0.0417. The maximum atomic E-state index is 14.0. The number of nitrogens with zero attached hydrogens (tertiary/aromatic N) is 2. The molecule has 0 fully saturated rings. The van der Waals surface area contributed by atoms with E-state index in [9.17, 15) is 18.0 Å². The number of rotatable bonds is 12. The minimum Gasteiger partial charge on any atom is -0.354 e. The first kappa shape index (κ1) is 30.2. The molecular weight excluding hydrogens is 534 g/mol. The molecule has 2 amide bonds. The highest BCUT2D eigenvalue weighted by Crippen LogP contribution is 2.24. The summed E-state index contributed by atoms with van der Waals surface area (Å²) in [6.07, 6.45) is 2.06. The lowest BCUT2D eigenvalue weighted by atomic mass is 10.0. The smallest absolute Gasteiger partial charge is 0.244 e. The van der Waals surface area contributed by atoms with Gasteiger partial charge < -0.3 is 10.2 Å². The summed E-state index contributed by atoms with van der Waals surface area (Å²) >= 11 is 6.46.